The highest BCUT2D eigenvalue weighted by molar-refractivity contribution is 9.10. The Morgan fingerprint density at radius 1 is 1.10 bits per heavy atom. The number of alkyl halides is 1. The zero-order valence-electron chi connectivity index (χ0n) is 10.9. The molecule has 0 radical (unpaired) electrons. The van der Waals surface area contributed by atoms with Gasteiger partial charge in [0.1, 0.15) is 5.82 Å². The molecule has 21 heavy (non-hydrogen) atoms. The van der Waals surface area contributed by atoms with Gasteiger partial charge in [-0.3, -0.25) is 0 Å². The zero-order valence-corrected chi connectivity index (χ0v) is 13.2. The number of para-hydroxylation sites is 1. The van der Waals surface area contributed by atoms with E-state index in [0.717, 1.165) is 11.3 Å². The van der Waals surface area contributed by atoms with Gasteiger partial charge in [-0.1, -0.05) is 30.3 Å². The molecule has 0 saturated carbocycles. The van der Waals surface area contributed by atoms with Crippen molar-refractivity contribution >= 4 is 27.5 Å². The third kappa shape index (κ3) is 2.87. The summed E-state index contributed by atoms with van der Waals surface area (Å²) < 4.78 is 15.7. The van der Waals surface area contributed by atoms with Gasteiger partial charge < -0.3 is 0 Å². The average molecular weight is 366 g/mol. The van der Waals surface area contributed by atoms with Crippen molar-refractivity contribution in [3.63, 3.8) is 0 Å². The molecule has 0 amide bonds. The molecule has 1 atom stereocenters. The van der Waals surface area contributed by atoms with Crippen LogP contribution in [0.1, 0.15) is 16.5 Å². The summed E-state index contributed by atoms with van der Waals surface area (Å²) in [7, 11) is 0. The molecule has 0 aliphatic rings. The van der Waals surface area contributed by atoms with Gasteiger partial charge in [0.05, 0.1) is 21.7 Å². The molecule has 0 aliphatic carbocycles. The highest BCUT2D eigenvalue weighted by Gasteiger charge is 2.18. The smallest absolute Gasteiger partial charge is 0.137 e. The van der Waals surface area contributed by atoms with Crippen LogP contribution in [0, 0.1) is 5.82 Å². The average Bonchev–Trinajstić information content (AvgIpc) is 3.00. The van der Waals surface area contributed by atoms with E-state index in [9.17, 15) is 4.39 Å². The molecule has 0 bridgehead atoms. The van der Waals surface area contributed by atoms with Crippen LogP contribution in [0.3, 0.4) is 0 Å². The fourth-order valence-electron chi connectivity index (χ4n) is 2.09. The monoisotopic (exact) mass is 364 g/mol. The molecule has 0 N–H and O–H groups in total. The highest BCUT2D eigenvalue weighted by atomic mass is 79.9. The van der Waals surface area contributed by atoms with E-state index < -0.39 is 5.38 Å². The second kappa shape index (κ2) is 6.00. The Labute approximate surface area is 135 Å². The number of hydrogen-bond donors (Lipinski definition) is 0. The van der Waals surface area contributed by atoms with Gasteiger partial charge >= 0.3 is 0 Å². The topological polar surface area (TPSA) is 17.8 Å². The first kappa shape index (κ1) is 14.3. The molecule has 1 unspecified atom stereocenters. The molecule has 106 valence electrons. The third-order valence-corrected chi connectivity index (χ3v) is 4.49. The molecule has 0 fully saturated rings. The van der Waals surface area contributed by atoms with Crippen molar-refractivity contribution in [2.45, 2.75) is 5.38 Å². The Balaban J connectivity index is 1.95. The van der Waals surface area contributed by atoms with Gasteiger partial charge in [-0.05, 0) is 39.7 Å². The molecular formula is C16H11BrClFN2. The minimum Gasteiger partial charge on any atom is -0.241 e. The van der Waals surface area contributed by atoms with Crippen molar-refractivity contribution in [3.05, 3.63) is 82.3 Å². The van der Waals surface area contributed by atoms with Gasteiger partial charge in [-0.2, -0.15) is 5.10 Å². The van der Waals surface area contributed by atoms with Crippen LogP contribution in [0.15, 0.2) is 65.4 Å². The molecule has 0 saturated heterocycles. The van der Waals surface area contributed by atoms with Crippen molar-refractivity contribution in [3.8, 4) is 5.69 Å². The maximum absolute atomic E-state index is 13.6. The fourth-order valence-corrected chi connectivity index (χ4v) is 3.00. The summed E-state index contributed by atoms with van der Waals surface area (Å²) in [5.74, 6) is -0.325. The van der Waals surface area contributed by atoms with Crippen LogP contribution < -0.4 is 0 Å². The van der Waals surface area contributed by atoms with Crippen molar-refractivity contribution in [2.24, 2.45) is 0 Å². The minimum absolute atomic E-state index is 0.325. The largest absolute Gasteiger partial charge is 0.241 e. The predicted octanol–water partition coefficient (Wildman–Crippen LogP) is 5.10. The summed E-state index contributed by atoms with van der Waals surface area (Å²) in [5.41, 5.74) is 2.45. The minimum atomic E-state index is -0.465. The van der Waals surface area contributed by atoms with Gasteiger partial charge in [-0.15, -0.1) is 11.6 Å². The van der Waals surface area contributed by atoms with E-state index in [1.54, 1.807) is 23.0 Å². The fraction of sp³-hybridized carbons (Fsp3) is 0.0625. The maximum Gasteiger partial charge on any atom is 0.137 e. The van der Waals surface area contributed by atoms with Crippen LogP contribution >= 0.6 is 27.5 Å². The summed E-state index contributed by atoms with van der Waals surface area (Å²) >= 11 is 9.70. The van der Waals surface area contributed by atoms with E-state index in [0.29, 0.717) is 10.0 Å². The van der Waals surface area contributed by atoms with Gasteiger partial charge in [-0.25, -0.2) is 9.07 Å². The van der Waals surface area contributed by atoms with E-state index >= 15 is 0 Å². The second-order valence-corrected chi connectivity index (χ2v) is 5.79. The maximum atomic E-state index is 13.6. The Kier molecular flexibility index (Phi) is 4.08. The highest BCUT2D eigenvalue weighted by Crippen LogP contribution is 2.34. The van der Waals surface area contributed by atoms with Crippen LogP contribution in [0.5, 0.6) is 0 Å². The number of hydrogen-bond acceptors (Lipinski definition) is 1. The Morgan fingerprint density at radius 3 is 2.62 bits per heavy atom. The van der Waals surface area contributed by atoms with Crippen LogP contribution in [0.4, 0.5) is 4.39 Å². The second-order valence-electron chi connectivity index (χ2n) is 4.56. The molecule has 3 rings (SSSR count). The van der Waals surface area contributed by atoms with E-state index in [1.165, 1.54) is 6.07 Å². The zero-order chi connectivity index (χ0) is 14.8. The van der Waals surface area contributed by atoms with E-state index in [-0.39, 0.29) is 5.82 Å². The van der Waals surface area contributed by atoms with Crippen molar-refractivity contribution in [1.82, 2.24) is 9.78 Å². The number of rotatable bonds is 3. The number of nitrogens with zero attached hydrogens (tertiary/aromatic N) is 2. The van der Waals surface area contributed by atoms with Crippen LogP contribution in [-0.2, 0) is 0 Å². The lowest BCUT2D eigenvalue weighted by molar-refractivity contribution is 0.618. The Bertz CT molecular complexity index is 758. The Hall–Kier alpha value is -1.65. The molecule has 5 heteroatoms. The van der Waals surface area contributed by atoms with E-state index in [4.69, 9.17) is 11.6 Å². The molecule has 1 aromatic heterocycles. The molecule has 2 nitrogen and oxygen atoms in total. The Morgan fingerprint density at radius 2 is 1.86 bits per heavy atom. The molecule has 0 spiro atoms. The summed E-state index contributed by atoms with van der Waals surface area (Å²) in [6, 6.07) is 14.6. The van der Waals surface area contributed by atoms with Crippen molar-refractivity contribution in [1.29, 1.82) is 0 Å². The summed E-state index contributed by atoms with van der Waals surface area (Å²) in [5, 5.41) is 3.84. The van der Waals surface area contributed by atoms with Crippen molar-refractivity contribution in [2.75, 3.05) is 0 Å². The molecule has 1 heterocycles. The summed E-state index contributed by atoms with van der Waals surface area (Å²) in [6.45, 7) is 0. The summed E-state index contributed by atoms with van der Waals surface area (Å²) in [4.78, 5) is 0. The van der Waals surface area contributed by atoms with Crippen LogP contribution in [-0.4, -0.2) is 9.78 Å². The standard InChI is InChI=1S/C16H11BrClFN2/c17-15-13(7-4-8-14(15)19)16(18)11-9-20-21(10-11)12-5-2-1-3-6-12/h1-10,16H. The number of benzene rings is 2. The van der Waals surface area contributed by atoms with E-state index in [2.05, 4.69) is 21.0 Å². The number of aromatic nitrogens is 2. The first-order chi connectivity index (χ1) is 10.2. The number of halogens is 3. The lowest BCUT2D eigenvalue weighted by atomic mass is 10.1. The molecular weight excluding hydrogens is 355 g/mol. The van der Waals surface area contributed by atoms with Crippen LogP contribution in [0.25, 0.3) is 5.69 Å². The molecule has 2 aromatic carbocycles. The lowest BCUT2D eigenvalue weighted by Crippen LogP contribution is -1.96. The molecule has 0 aliphatic heterocycles. The van der Waals surface area contributed by atoms with Crippen molar-refractivity contribution < 1.29 is 4.39 Å². The SMILES string of the molecule is Fc1cccc(C(Cl)c2cnn(-c3ccccc3)c2)c1Br. The van der Waals surface area contributed by atoms with Crippen LogP contribution in [0.2, 0.25) is 0 Å². The summed E-state index contributed by atoms with van der Waals surface area (Å²) in [6.07, 6.45) is 3.55. The normalized spacial score (nSPS) is 12.3. The first-order valence-corrected chi connectivity index (χ1v) is 7.58. The lowest BCUT2D eigenvalue weighted by Gasteiger charge is -2.10. The quantitative estimate of drug-likeness (QED) is 0.590. The van der Waals surface area contributed by atoms with Gasteiger partial charge in [0.15, 0.2) is 0 Å². The molecule has 3 aromatic rings. The third-order valence-electron chi connectivity index (χ3n) is 3.17. The predicted molar refractivity (Wildman–Crippen MR) is 85.4 cm³/mol. The van der Waals surface area contributed by atoms with E-state index in [1.807, 2.05) is 36.5 Å². The van der Waals surface area contributed by atoms with Gasteiger partial charge in [0, 0.05) is 11.8 Å². The first-order valence-electron chi connectivity index (χ1n) is 6.35. The van der Waals surface area contributed by atoms with Gasteiger partial charge in [0.25, 0.3) is 0 Å². The van der Waals surface area contributed by atoms with Gasteiger partial charge in [0.2, 0.25) is 0 Å².